The Labute approximate surface area is 424 Å². The Balaban J connectivity index is 0.991. The van der Waals surface area contributed by atoms with Crippen molar-refractivity contribution in [2.75, 3.05) is 4.90 Å². The minimum absolute atomic E-state index is 0.135. The second-order valence-corrected chi connectivity index (χ2v) is 20.1. The largest absolute Gasteiger partial charge is 0.310 e. The highest BCUT2D eigenvalue weighted by atomic mass is 15.1. The smallest absolute Gasteiger partial charge is 0.0540 e. The van der Waals surface area contributed by atoms with E-state index in [0.717, 1.165) is 22.6 Å². The quantitative estimate of drug-likeness (QED) is 0.139. The van der Waals surface area contributed by atoms with E-state index in [1.54, 1.807) is 0 Å². The van der Waals surface area contributed by atoms with E-state index in [1.807, 2.05) is 0 Å². The molecule has 0 N–H and O–H groups in total. The number of anilines is 3. The number of rotatable bonds is 9. The van der Waals surface area contributed by atoms with Crippen LogP contribution >= 0.6 is 0 Å². The van der Waals surface area contributed by atoms with E-state index < -0.39 is 0 Å². The van der Waals surface area contributed by atoms with Crippen LogP contribution in [0.3, 0.4) is 0 Å². The van der Waals surface area contributed by atoms with Gasteiger partial charge in [0, 0.05) is 27.8 Å². The molecule has 0 bridgehead atoms. The fraction of sp³-hybridized carbons (Fsp3) is 0.0704. The lowest BCUT2D eigenvalue weighted by Gasteiger charge is -2.32. The maximum atomic E-state index is 2.49. The molecule has 0 radical (unpaired) electrons. The van der Waals surface area contributed by atoms with Gasteiger partial charge in [-0.1, -0.05) is 250 Å². The lowest BCUT2D eigenvalue weighted by atomic mass is 9.74. The molecule has 0 saturated carbocycles. The van der Waals surface area contributed by atoms with E-state index in [-0.39, 0.29) is 10.8 Å². The lowest BCUT2D eigenvalue weighted by Crippen LogP contribution is -2.22. The predicted octanol–water partition coefficient (Wildman–Crippen LogP) is 19.1. The highest BCUT2D eigenvalue weighted by molar-refractivity contribution is 5.99. The lowest BCUT2D eigenvalue weighted by molar-refractivity contribution is 0.662. The molecule has 0 aliphatic heterocycles. The van der Waals surface area contributed by atoms with Gasteiger partial charge in [-0.3, -0.25) is 0 Å². The Morgan fingerprint density at radius 2 is 0.667 bits per heavy atom. The van der Waals surface area contributed by atoms with Gasteiger partial charge in [-0.2, -0.15) is 0 Å². The molecule has 13 rings (SSSR count). The summed E-state index contributed by atoms with van der Waals surface area (Å²) in [6.07, 6.45) is 0. The van der Waals surface area contributed by atoms with Gasteiger partial charge in [-0.15, -0.1) is 0 Å². The first-order valence-electron chi connectivity index (χ1n) is 25.3. The highest BCUT2D eigenvalue weighted by Crippen LogP contribution is 2.56. The summed E-state index contributed by atoms with van der Waals surface area (Å²) in [6.45, 7) is 7.17. The highest BCUT2D eigenvalue weighted by Gasteiger charge is 2.41. The minimum atomic E-state index is -0.358. The van der Waals surface area contributed by atoms with Crippen molar-refractivity contribution in [2.24, 2.45) is 0 Å². The number of fused-ring (bicyclic) bond motifs is 6. The molecule has 1 nitrogen and oxygen atoms in total. The average Bonchev–Trinajstić information content (AvgIpc) is 3.85. The van der Waals surface area contributed by atoms with Gasteiger partial charge < -0.3 is 4.90 Å². The topological polar surface area (TPSA) is 3.24 Å². The Morgan fingerprint density at radius 1 is 0.264 bits per heavy atom. The summed E-state index contributed by atoms with van der Waals surface area (Å²) in [4.78, 5) is 2.49. The fourth-order valence-electron chi connectivity index (χ4n) is 12.4. The van der Waals surface area contributed by atoms with Crippen molar-refractivity contribution in [3.05, 3.63) is 295 Å². The molecule has 0 spiro atoms. The van der Waals surface area contributed by atoms with Crippen molar-refractivity contribution in [2.45, 2.75) is 31.6 Å². The molecule has 1 heteroatoms. The van der Waals surface area contributed by atoms with Gasteiger partial charge in [0.15, 0.2) is 0 Å². The van der Waals surface area contributed by atoms with Crippen molar-refractivity contribution >= 4 is 17.1 Å². The molecular weight excluding hydrogens is 867 g/mol. The first-order chi connectivity index (χ1) is 35.4. The molecule has 0 fully saturated rings. The van der Waals surface area contributed by atoms with Crippen LogP contribution in [0, 0.1) is 0 Å². The molecule has 1 atom stereocenters. The second-order valence-electron chi connectivity index (χ2n) is 20.1. The second kappa shape index (κ2) is 17.3. The molecule has 2 aliphatic rings. The van der Waals surface area contributed by atoms with Crippen LogP contribution in [0.5, 0.6) is 0 Å². The zero-order valence-electron chi connectivity index (χ0n) is 40.9. The van der Waals surface area contributed by atoms with Crippen LogP contribution in [0.25, 0.3) is 77.9 Å². The average molecular weight is 920 g/mol. The zero-order valence-corrected chi connectivity index (χ0v) is 40.9. The van der Waals surface area contributed by atoms with E-state index in [4.69, 9.17) is 0 Å². The maximum Gasteiger partial charge on any atom is 0.0540 e. The summed E-state index contributed by atoms with van der Waals surface area (Å²) < 4.78 is 0. The van der Waals surface area contributed by atoms with Gasteiger partial charge >= 0.3 is 0 Å². The van der Waals surface area contributed by atoms with Crippen molar-refractivity contribution < 1.29 is 0 Å². The van der Waals surface area contributed by atoms with Gasteiger partial charge in [0.1, 0.15) is 0 Å². The van der Waals surface area contributed by atoms with Crippen LogP contribution in [0.15, 0.2) is 267 Å². The Bertz CT molecular complexity index is 3840. The number of benzene rings is 11. The predicted molar refractivity (Wildman–Crippen MR) is 303 cm³/mol. The fourth-order valence-corrected chi connectivity index (χ4v) is 12.4. The standard InChI is InChI=1S/C71H53N/c1-70(2)65-38-19-16-34-60(65)64-37-22-36-63(69(64)70)56-30-13-11-28-54(56)49-41-43-51(44-42-49)72(52-45-46-61-59-33-17-20-39-66(59)71(3,67(61)47-52)50-25-8-5-9-26-50)68-40-21-18-35-62(68)58-32-15-14-31-57(58)55-29-12-10-27-53(55)48-23-6-4-7-24-48/h4-47H,1-3H3. The molecule has 1 unspecified atom stereocenters. The van der Waals surface area contributed by atoms with Crippen LogP contribution in [0.2, 0.25) is 0 Å². The van der Waals surface area contributed by atoms with E-state index in [2.05, 4.69) is 293 Å². The van der Waals surface area contributed by atoms with Crippen LogP contribution in [0.4, 0.5) is 17.1 Å². The molecule has 11 aromatic rings. The SMILES string of the molecule is CC1(C)c2ccccc2-c2cccc(-c3ccccc3-c3ccc(N(c4ccc5c(c4)C(C)(c4ccccc4)c4ccccc4-5)c4ccccc4-c4ccccc4-c4ccccc4-c4ccccc4)cc3)c21. The van der Waals surface area contributed by atoms with Gasteiger partial charge in [0.05, 0.1) is 5.69 Å². The third-order valence-electron chi connectivity index (χ3n) is 15.8. The Kier molecular flexibility index (Phi) is 10.4. The number of nitrogens with zero attached hydrogens (tertiary/aromatic N) is 1. The van der Waals surface area contributed by atoms with Gasteiger partial charge in [-0.05, 0) is 137 Å². The molecule has 11 aromatic carbocycles. The minimum Gasteiger partial charge on any atom is -0.310 e. The summed E-state index contributed by atoms with van der Waals surface area (Å²) in [6, 6.07) is 98.7. The molecular formula is C71H53N. The number of hydrogen-bond acceptors (Lipinski definition) is 1. The first-order valence-corrected chi connectivity index (χ1v) is 25.3. The van der Waals surface area contributed by atoms with Crippen molar-refractivity contribution in [1.82, 2.24) is 0 Å². The van der Waals surface area contributed by atoms with Gasteiger partial charge in [0.25, 0.3) is 0 Å². The van der Waals surface area contributed by atoms with E-state index in [9.17, 15) is 0 Å². The van der Waals surface area contributed by atoms with E-state index in [1.165, 1.54) is 100 Å². The summed E-state index contributed by atoms with van der Waals surface area (Å²) in [5.41, 5.74) is 26.8. The van der Waals surface area contributed by atoms with Crippen LogP contribution in [-0.4, -0.2) is 0 Å². The monoisotopic (exact) mass is 919 g/mol. The normalized spacial score (nSPS) is 14.8. The summed E-state index contributed by atoms with van der Waals surface area (Å²) >= 11 is 0. The van der Waals surface area contributed by atoms with Crippen molar-refractivity contribution in [3.63, 3.8) is 0 Å². The van der Waals surface area contributed by atoms with Crippen LogP contribution in [0.1, 0.15) is 48.6 Å². The molecule has 0 amide bonds. The molecule has 0 saturated heterocycles. The van der Waals surface area contributed by atoms with Gasteiger partial charge in [-0.25, -0.2) is 0 Å². The summed E-state index contributed by atoms with van der Waals surface area (Å²) in [5, 5.41) is 0. The maximum absolute atomic E-state index is 2.49. The number of para-hydroxylation sites is 1. The molecule has 342 valence electrons. The molecule has 0 heterocycles. The Morgan fingerprint density at radius 3 is 1.31 bits per heavy atom. The van der Waals surface area contributed by atoms with Crippen molar-refractivity contribution in [3.8, 4) is 77.9 Å². The summed E-state index contributed by atoms with van der Waals surface area (Å²) in [5.74, 6) is 0. The van der Waals surface area contributed by atoms with Crippen LogP contribution in [-0.2, 0) is 10.8 Å². The first kappa shape index (κ1) is 43.3. The molecule has 72 heavy (non-hydrogen) atoms. The zero-order chi connectivity index (χ0) is 48.4. The third-order valence-corrected chi connectivity index (χ3v) is 15.8. The molecule has 0 aromatic heterocycles. The van der Waals surface area contributed by atoms with Crippen molar-refractivity contribution in [1.29, 1.82) is 0 Å². The van der Waals surface area contributed by atoms with E-state index >= 15 is 0 Å². The number of hydrogen-bond donors (Lipinski definition) is 0. The third kappa shape index (κ3) is 6.84. The van der Waals surface area contributed by atoms with Gasteiger partial charge in [0.2, 0.25) is 0 Å². The Hall–Kier alpha value is -8.78. The van der Waals surface area contributed by atoms with E-state index in [0.29, 0.717) is 0 Å². The van der Waals surface area contributed by atoms with Crippen LogP contribution < -0.4 is 4.90 Å². The molecule has 2 aliphatic carbocycles. The summed E-state index contributed by atoms with van der Waals surface area (Å²) in [7, 11) is 0.